The molecule has 6 aromatic carbocycles. The molecule has 0 aromatic heterocycles. The lowest BCUT2D eigenvalue weighted by Crippen LogP contribution is -2.42. The summed E-state index contributed by atoms with van der Waals surface area (Å²) < 4.78 is 0. The van der Waals surface area contributed by atoms with Crippen LogP contribution in [0.1, 0.15) is 28.2 Å². The lowest BCUT2D eigenvalue weighted by Gasteiger charge is -2.44. The SMILES string of the molecule is O=C1C(c2ccccc2)=C(c2ccccc2)C(c2ccccc2)C1(c1ccccc1)P(c1ccccc1)c1ccccc1. The van der Waals surface area contributed by atoms with E-state index in [1.807, 2.05) is 30.3 Å². The van der Waals surface area contributed by atoms with E-state index in [1.54, 1.807) is 0 Å². The minimum Gasteiger partial charge on any atom is -0.293 e. The van der Waals surface area contributed by atoms with E-state index in [0.29, 0.717) is 0 Å². The molecule has 0 bridgehead atoms. The quantitative estimate of drug-likeness (QED) is 0.175. The zero-order valence-electron chi connectivity index (χ0n) is 23.8. The van der Waals surface area contributed by atoms with Crippen molar-refractivity contribution in [2.24, 2.45) is 0 Å². The predicted octanol–water partition coefficient (Wildman–Crippen LogP) is 8.99. The Morgan fingerprint density at radius 3 is 1.33 bits per heavy atom. The fourth-order valence-corrected chi connectivity index (χ4v) is 10.0. The minimum absolute atomic E-state index is 0.177. The Bertz CT molecular complexity index is 1810. The maximum Gasteiger partial charge on any atom is 0.180 e. The molecule has 43 heavy (non-hydrogen) atoms. The third-order valence-electron chi connectivity index (χ3n) is 8.42. The van der Waals surface area contributed by atoms with Crippen LogP contribution in [0.5, 0.6) is 0 Å². The average molecular weight is 571 g/mol. The summed E-state index contributed by atoms with van der Waals surface area (Å²) in [6, 6.07) is 63.4. The van der Waals surface area contributed by atoms with E-state index in [9.17, 15) is 0 Å². The van der Waals surface area contributed by atoms with Gasteiger partial charge in [-0.3, -0.25) is 4.79 Å². The zero-order valence-corrected chi connectivity index (χ0v) is 24.6. The van der Waals surface area contributed by atoms with Gasteiger partial charge in [-0.05, 0) is 46.4 Å². The summed E-state index contributed by atoms with van der Waals surface area (Å²) >= 11 is 0. The molecule has 1 aliphatic carbocycles. The third-order valence-corrected chi connectivity index (χ3v) is 11.5. The van der Waals surface area contributed by atoms with Gasteiger partial charge < -0.3 is 0 Å². The highest BCUT2D eigenvalue weighted by Gasteiger charge is 2.61. The Morgan fingerprint density at radius 1 is 0.442 bits per heavy atom. The van der Waals surface area contributed by atoms with Crippen LogP contribution >= 0.6 is 7.92 Å². The highest BCUT2D eigenvalue weighted by molar-refractivity contribution is 7.75. The molecule has 0 spiro atoms. The Balaban J connectivity index is 1.67. The van der Waals surface area contributed by atoms with Crippen LogP contribution in [-0.2, 0) is 9.95 Å². The van der Waals surface area contributed by atoms with Crippen LogP contribution in [0.2, 0.25) is 0 Å². The van der Waals surface area contributed by atoms with Crippen LogP contribution in [0.3, 0.4) is 0 Å². The largest absolute Gasteiger partial charge is 0.293 e. The highest BCUT2D eigenvalue weighted by Crippen LogP contribution is 2.70. The first kappa shape index (κ1) is 27.0. The van der Waals surface area contributed by atoms with Gasteiger partial charge in [0.25, 0.3) is 0 Å². The Labute approximate surface area is 255 Å². The molecule has 0 N–H and O–H groups in total. The fraction of sp³-hybridized carbons (Fsp3) is 0.0488. The van der Waals surface area contributed by atoms with Crippen molar-refractivity contribution in [3.8, 4) is 0 Å². The number of ketones is 1. The topological polar surface area (TPSA) is 17.1 Å². The van der Waals surface area contributed by atoms with Crippen LogP contribution < -0.4 is 10.6 Å². The zero-order chi connectivity index (χ0) is 29.1. The van der Waals surface area contributed by atoms with E-state index >= 15 is 4.79 Å². The highest BCUT2D eigenvalue weighted by atomic mass is 31.1. The normalized spacial score (nSPS) is 18.3. The van der Waals surface area contributed by atoms with Crippen molar-refractivity contribution in [2.45, 2.75) is 11.1 Å². The number of carbonyl (C=O) groups is 1. The van der Waals surface area contributed by atoms with Crippen LogP contribution in [0.15, 0.2) is 182 Å². The molecular formula is C41H31OP. The van der Waals surface area contributed by atoms with Gasteiger partial charge in [0.1, 0.15) is 0 Å². The van der Waals surface area contributed by atoms with Gasteiger partial charge in [0.2, 0.25) is 0 Å². The molecule has 0 saturated carbocycles. The molecule has 1 aliphatic rings. The molecule has 1 nitrogen and oxygen atoms in total. The van der Waals surface area contributed by atoms with Gasteiger partial charge >= 0.3 is 0 Å². The number of rotatable bonds is 7. The smallest absolute Gasteiger partial charge is 0.180 e. The molecule has 0 fully saturated rings. The Morgan fingerprint density at radius 2 is 0.837 bits per heavy atom. The van der Waals surface area contributed by atoms with Crippen LogP contribution in [-0.4, -0.2) is 5.78 Å². The monoisotopic (exact) mass is 570 g/mol. The van der Waals surface area contributed by atoms with Gasteiger partial charge in [0, 0.05) is 11.5 Å². The summed E-state index contributed by atoms with van der Waals surface area (Å²) in [5.74, 6) is -0.0517. The molecule has 0 heterocycles. The van der Waals surface area contributed by atoms with Crippen molar-refractivity contribution < 1.29 is 4.79 Å². The van der Waals surface area contributed by atoms with E-state index in [4.69, 9.17) is 0 Å². The van der Waals surface area contributed by atoms with Gasteiger partial charge in [-0.15, -0.1) is 0 Å². The number of hydrogen-bond acceptors (Lipinski definition) is 1. The second kappa shape index (κ2) is 11.8. The number of Topliss-reactive ketones (excluding diaryl/α,β-unsaturated/α-hetero) is 1. The Hall–Kier alpha value is -4.84. The molecule has 2 atom stereocenters. The third kappa shape index (κ3) is 4.67. The first-order chi connectivity index (χ1) is 21.3. The van der Waals surface area contributed by atoms with Gasteiger partial charge in [-0.25, -0.2) is 0 Å². The van der Waals surface area contributed by atoms with E-state index in [0.717, 1.165) is 33.4 Å². The molecule has 0 saturated heterocycles. The maximum absolute atomic E-state index is 15.9. The first-order valence-electron chi connectivity index (χ1n) is 14.7. The van der Waals surface area contributed by atoms with E-state index in [2.05, 4.69) is 152 Å². The second-order valence-electron chi connectivity index (χ2n) is 10.8. The van der Waals surface area contributed by atoms with Crippen LogP contribution in [0, 0.1) is 0 Å². The second-order valence-corrected chi connectivity index (χ2v) is 13.2. The van der Waals surface area contributed by atoms with Crippen LogP contribution in [0.25, 0.3) is 11.1 Å². The molecule has 0 radical (unpaired) electrons. The van der Waals surface area contributed by atoms with Crippen molar-refractivity contribution >= 4 is 35.5 Å². The average Bonchev–Trinajstić information content (AvgIpc) is 3.36. The number of allylic oxidation sites excluding steroid dienone is 2. The summed E-state index contributed by atoms with van der Waals surface area (Å²) in [5.41, 5.74) is 6.13. The number of benzene rings is 6. The molecule has 2 heteroatoms. The summed E-state index contributed by atoms with van der Waals surface area (Å²) in [6.45, 7) is 0. The van der Waals surface area contributed by atoms with E-state index < -0.39 is 13.1 Å². The molecule has 206 valence electrons. The van der Waals surface area contributed by atoms with Crippen molar-refractivity contribution in [2.75, 3.05) is 0 Å². The van der Waals surface area contributed by atoms with E-state index in [-0.39, 0.29) is 11.7 Å². The summed E-state index contributed by atoms with van der Waals surface area (Å²) in [4.78, 5) is 15.9. The predicted molar refractivity (Wildman–Crippen MR) is 181 cm³/mol. The van der Waals surface area contributed by atoms with Gasteiger partial charge in [0.15, 0.2) is 5.78 Å². The standard InChI is InChI=1S/C41H31OP/c42-40-38(32-21-9-2-10-22-32)37(31-19-7-1-8-20-31)39(33-23-11-3-12-24-33)41(40,34-25-13-4-14-26-34)43(35-27-15-5-16-28-35)36-29-17-6-18-30-36/h1-30,39H. The number of hydrogen-bond donors (Lipinski definition) is 0. The van der Waals surface area contributed by atoms with E-state index in [1.165, 1.54) is 10.6 Å². The van der Waals surface area contributed by atoms with Crippen molar-refractivity contribution in [3.63, 3.8) is 0 Å². The molecule has 7 rings (SSSR count). The van der Waals surface area contributed by atoms with Crippen LogP contribution in [0.4, 0.5) is 0 Å². The summed E-state index contributed by atoms with van der Waals surface area (Å²) in [5, 5.41) is 1.46. The molecule has 0 aliphatic heterocycles. The van der Waals surface area contributed by atoms with Crippen molar-refractivity contribution in [3.05, 3.63) is 204 Å². The lowest BCUT2D eigenvalue weighted by molar-refractivity contribution is -0.115. The maximum atomic E-state index is 15.9. The molecule has 2 unspecified atom stereocenters. The summed E-state index contributed by atoms with van der Waals surface area (Å²) in [6.07, 6.45) is 0. The molecular weight excluding hydrogens is 539 g/mol. The van der Waals surface area contributed by atoms with Gasteiger partial charge in [0.05, 0.1) is 5.16 Å². The van der Waals surface area contributed by atoms with Crippen molar-refractivity contribution in [1.82, 2.24) is 0 Å². The van der Waals surface area contributed by atoms with Crippen molar-refractivity contribution in [1.29, 1.82) is 0 Å². The first-order valence-corrected chi connectivity index (χ1v) is 16.0. The lowest BCUT2D eigenvalue weighted by atomic mass is 9.77. The fourth-order valence-electron chi connectivity index (χ4n) is 6.73. The molecule has 0 amide bonds. The number of carbonyl (C=O) groups excluding carboxylic acids is 1. The Kier molecular flexibility index (Phi) is 7.42. The minimum atomic E-state index is -1.24. The molecule has 6 aromatic rings. The van der Waals surface area contributed by atoms with Gasteiger partial charge in [-0.2, -0.15) is 0 Å². The summed E-state index contributed by atoms with van der Waals surface area (Å²) in [7, 11) is -1.24. The van der Waals surface area contributed by atoms with Gasteiger partial charge in [-0.1, -0.05) is 182 Å².